The number of aromatic hydroxyl groups is 1. The normalized spacial score (nSPS) is 11.7. The van der Waals surface area contributed by atoms with E-state index in [1.54, 1.807) is 6.26 Å². The highest BCUT2D eigenvalue weighted by molar-refractivity contribution is 5.65. The van der Waals surface area contributed by atoms with E-state index in [0.29, 0.717) is 36.9 Å². The van der Waals surface area contributed by atoms with Gasteiger partial charge >= 0.3 is 5.76 Å². The largest absolute Gasteiger partial charge is 0.492 e. The Hall–Kier alpha value is -4.52. The summed E-state index contributed by atoms with van der Waals surface area (Å²) in [5.41, 5.74) is 5.38. The van der Waals surface area contributed by atoms with Crippen molar-refractivity contribution >= 4 is 12.2 Å². The molecule has 0 atom stereocenters. The van der Waals surface area contributed by atoms with Crippen LogP contribution in [0.3, 0.4) is 0 Å². The van der Waals surface area contributed by atoms with Crippen molar-refractivity contribution in [3.05, 3.63) is 123 Å². The van der Waals surface area contributed by atoms with Crippen LogP contribution >= 0.6 is 0 Å². The first kappa shape index (κ1) is 29.5. The molecule has 1 N–H and O–H groups in total. The van der Waals surface area contributed by atoms with E-state index in [2.05, 4.69) is 24.9 Å². The number of aromatic nitrogens is 2. The molecule has 0 bridgehead atoms. The number of allylic oxidation sites excluding steroid dienone is 4. The van der Waals surface area contributed by atoms with Gasteiger partial charge in [0.05, 0.1) is 6.54 Å². The van der Waals surface area contributed by atoms with Crippen molar-refractivity contribution in [1.29, 1.82) is 0 Å². The monoisotopic (exact) mass is 554 g/mol. The van der Waals surface area contributed by atoms with Gasteiger partial charge < -0.3 is 18.7 Å². The van der Waals surface area contributed by atoms with Crippen LogP contribution in [0.4, 0.5) is 0 Å². The van der Waals surface area contributed by atoms with Crippen molar-refractivity contribution in [1.82, 2.24) is 9.55 Å². The number of aryl methyl sites for hydroxylation is 2. The molecule has 0 saturated heterocycles. The zero-order valence-corrected chi connectivity index (χ0v) is 24.0. The molecular weight excluding hydrogens is 516 g/mol. The number of ether oxygens (including phenoxy) is 1. The summed E-state index contributed by atoms with van der Waals surface area (Å²) in [7, 11) is 0. The van der Waals surface area contributed by atoms with Gasteiger partial charge in [0.1, 0.15) is 24.3 Å². The van der Waals surface area contributed by atoms with Gasteiger partial charge in [0.25, 0.3) is 0 Å². The van der Waals surface area contributed by atoms with Crippen molar-refractivity contribution in [2.24, 2.45) is 0 Å². The Kier molecular flexibility index (Phi) is 10.6. The van der Waals surface area contributed by atoms with E-state index in [1.807, 2.05) is 79.7 Å². The second-order valence-corrected chi connectivity index (χ2v) is 10.3. The molecule has 0 radical (unpaired) electrons. The van der Waals surface area contributed by atoms with Gasteiger partial charge in [-0.25, -0.2) is 14.3 Å². The van der Waals surface area contributed by atoms with Crippen LogP contribution in [0.1, 0.15) is 68.5 Å². The second-order valence-electron chi connectivity index (χ2n) is 10.3. The van der Waals surface area contributed by atoms with Crippen molar-refractivity contribution in [3.8, 4) is 11.6 Å². The molecule has 2 aromatic carbocycles. The molecule has 2 heterocycles. The van der Waals surface area contributed by atoms with Crippen molar-refractivity contribution < 1.29 is 18.7 Å². The predicted molar refractivity (Wildman–Crippen MR) is 162 cm³/mol. The zero-order chi connectivity index (χ0) is 29.0. The van der Waals surface area contributed by atoms with Crippen LogP contribution in [0.25, 0.3) is 12.2 Å². The molecule has 7 heteroatoms. The van der Waals surface area contributed by atoms with Crippen molar-refractivity contribution in [2.75, 3.05) is 0 Å². The quantitative estimate of drug-likeness (QED) is 0.160. The minimum atomic E-state index is -0.529. The fourth-order valence-electron chi connectivity index (χ4n) is 4.26. The van der Waals surface area contributed by atoms with Crippen LogP contribution in [0, 0.1) is 0 Å². The highest BCUT2D eigenvalue weighted by atomic mass is 16.5. The molecule has 0 saturated carbocycles. The Labute approximate surface area is 241 Å². The molecule has 0 spiro atoms. The zero-order valence-electron chi connectivity index (χ0n) is 24.0. The molecule has 4 rings (SSSR count). The first-order chi connectivity index (χ1) is 19.9. The summed E-state index contributed by atoms with van der Waals surface area (Å²) < 4.78 is 18.0. The summed E-state index contributed by atoms with van der Waals surface area (Å²) in [4.78, 5) is 16.7. The third-order valence-corrected chi connectivity index (χ3v) is 6.62. The van der Waals surface area contributed by atoms with Crippen molar-refractivity contribution in [2.45, 2.75) is 66.0 Å². The maximum absolute atomic E-state index is 12.3. The number of nitrogens with zero attached hydrogens (tertiary/aromatic N) is 2. The lowest BCUT2D eigenvalue weighted by Gasteiger charge is -2.06. The second kappa shape index (κ2) is 14.7. The van der Waals surface area contributed by atoms with Gasteiger partial charge in [0.2, 0.25) is 11.8 Å². The van der Waals surface area contributed by atoms with Gasteiger partial charge in [-0.05, 0) is 75.8 Å². The third-order valence-electron chi connectivity index (χ3n) is 6.62. The highest BCUT2D eigenvalue weighted by Gasteiger charge is 2.15. The number of rotatable bonds is 14. The number of benzene rings is 2. The van der Waals surface area contributed by atoms with E-state index >= 15 is 0 Å². The van der Waals surface area contributed by atoms with Crippen molar-refractivity contribution in [3.63, 3.8) is 0 Å². The topological polar surface area (TPSA) is 90.6 Å². The fraction of sp³-hybridized carbons (Fsp3) is 0.294. The number of hydrogen-bond donors (Lipinski definition) is 1. The lowest BCUT2D eigenvalue weighted by atomic mass is 10.1. The summed E-state index contributed by atoms with van der Waals surface area (Å²) in [6, 6.07) is 17.8. The summed E-state index contributed by atoms with van der Waals surface area (Å²) in [6.07, 6.45) is 13.4. The fourth-order valence-corrected chi connectivity index (χ4v) is 4.26. The molecule has 214 valence electrons. The van der Waals surface area contributed by atoms with E-state index in [4.69, 9.17) is 13.6 Å². The van der Waals surface area contributed by atoms with E-state index in [-0.39, 0.29) is 5.88 Å². The van der Waals surface area contributed by atoms with Gasteiger partial charge in [-0.2, -0.15) is 0 Å². The van der Waals surface area contributed by atoms with Gasteiger partial charge in [0, 0.05) is 12.5 Å². The molecule has 0 aliphatic carbocycles. The molecule has 0 aliphatic rings. The summed E-state index contributed by atoms with van der Waals surface area (Å²) in [5, 5.41) is 10.5. The van der Waals surface area contributed by atoms with Crippen LogP contribution in [0.5, 0.6) is 11.6 Å². The summed E-state index contributed by atoms with van der Waals surface area (Å²) in [6.45, 7) is 6.80. The van der Waals surface area contributed by atoms with Gasteiger partial charge in [-0.3, -0.25) is 0 Å². The molecule has 41 heavy (non-hydrogen) atoms. The van der Waals surface area contributed by atoms with Crippen LogP contribution in [0.15, 0.2) is 97.8 Å². The Morgan fingerprint density at radius 3 is 2.54 bits per heavy atom. The molecule has 7 nitrogen and oxygen atoms in total. The minimum Gasteiger partial charge on any atom is -0.492 e. The van der Waals surface area contributed by atoms with E-state index < -0.39 is 5.76 Å². The van der Waals surface area contributed by atoms with Crippen LogP contribution in [0.2, 0.25) is 0 Å². The number of hydrogen-bond acceptors (Lipinski definition) is 6. The first-order valence-corrected chi connectivity index (χ1v) is 14.0. The van der Waals surface area contributed by atoms with Crippen LogP contribution in [-0.2, 0) is 26.0 Å². The van der Waals surface area contributed by atoms with E-state index in [0.717, 1.165) is 42.6 Å². The maximum Gasteiger partial charge on any atom is 0.422 e. The van der Waals surface area contributed by atoms with Crippen LogP contribution in [-0.4, -0.2) is 14.7 Å². The SMILES string of the molecule is CC(C)=CCCC(C)=CCn1c(O)c(CCCc2ccc(OCc3coc(C=Cc4ccccc4)n3)cc2)oc1=O. The number of oxazole rings is 2. The molecular formula is C34H38N2O5. The average Bonchev–Trinajstić information content (AvgIpc) is 3.53. The molecule has 0 aliphatic heterocycles. The average molecular weight is 555 g/mol. The van der Waals surface area contributed by atoms with E-state index in [1.165, 1.54) is 15.7 Å². The third kappa shape index (κ3) is 9.28. The van der Waals surface area contributed by atoms with Gasteiger partial charge in [-0.15, -0.1) is 0 Å². The lowest BCUT2D eigenvalue weighted by Crippen LogP contribution is -2.12. The summed E-state index contributed by atoms with van der Waals surface area (Å²) in [5.74, 6) is 0.985. The van der Waals surface area contributed by atoms with Crippen LogP contribution < -0.4 is 10.5 Å². The maximum atomic E-state index is 12.3. The van der Waals surface area contributed by atoms with Gasteiger partial charge in [0.15, 0.2) is 5.76 Å². The Bertz CT molecular complexity index is 1530. The molecule has 0 unspecified atom stereocenters. The first-order valence-electron chi connectivity index (χ1n) is 14.0. The van der Waals surface area contributed by atoms with E-state index in [9.17, 15) is 9.90 Å². The summed E-state index contributed by atoms with van der Waals surface area (Å²) >= 11 is 0. The standard InChI is InChI=1S/C34H38N2O5/c1-25(2)9-7-10-26(3)21-22-36-33(37)31(41-34(36)38)14-8-13-28-15-18-30(19-16-28)39-23-29-24-40-32(35-29)20-17-27-11-5-4-6-12-27/h4-6,9,11-12,15-21,24,37H,7-8,10,13-14,22-23H2,1-3H3. The lowest BCUT2D eigenvalue weighted by molar-refractivity contribution is 0.301. The Morgan fingerprint density at radius 1 is 1.00 bits per heavy atom. The molecule has 4 aromatic rings. The Balaban J connectivity index is 1.21. The Morgan fingerprint density at radius 2 is 1.78 bits per heavy atom. The van der Waals surface area contributed by atoms with Gasteiger partial charge in [-0.1, -0.05) is 65.8 Å². The minimum absolute atomic E-state index is 0.0846. The molecule has 2 aromatic heterocycles. The molecule has 0 fully saturated rings. The predicted octanol–water partition coefficient (Wildman–Crippen LogP) is 7.75. The molecule has 0 amide bonds. The smallest absolute Gasteiger partial charge is 0.422 e. The highest BCUT2D eigenvalue weighted by Crippen LogP contribution is 2.20.